The van der Waals surface area contributed by atoms with Crippen molar-refractivity contribution in [3.05, 3.63) is 59.3 Å². The first-order valence-electron chi connectivity index (χ1n) is 6.73. The SMILES string of the molecule is O=C(O)c1sc(-c2cc(Cl)cc(Cl)c2Cl)nc1-c1cc(Cl)cc(Cl)c1Cl. The van der Waals surface area contributed by atoms with Crippen LogP contribution in [0.15, 0.2) is 24.3 Å². The van der Waals surface area contributed by atoms with Gasteiger partial charge in [-0.25, -0.2) is 9.78 Å². The molecule has 0 aliphatic heterocycles. The molecule has 0 saturated heterocycles. The van der Waals surface area contributed by atoms with Gasteiger partial charge in [0.05, 0.1) is 25.8 Å². The van der Waals surface area contributed by atoms with Gasteiger partial charge in [-0.05, 0) is 24.3 Å². The molecular formula is C16H5Cl6NO2S. The molecule has 0 aliphatic carbocycles. The molecule has 2 aromatic carbocycles. The minimum absolute atomic E-state index is 0.0487. The summed E-state index contributed by atoms with van der Waals surface area (Å²) in [5.41, 5.74) is 0.833. The van der Waals surface area contributed by atoms with Crippen LogP contribution in [-0.2, 0) is 0 Å². The van der Waals surface area contributed by atoms with Gasteiger partial charge in [0.25, 0.3) is 0 Å². The van der Waals surface area contributed by atoms with E-state index in [4.69, 9.17) is 69.6 Å². The molecule has 3 aromatic rings. The summed E-state index contributed by atoms with van der Waals surface area (Å²) in [6.45, 7) is 0. The van der Waals surface area contributed by atoms with E-state index in [0.717, 1.165) is 11.3 Å². The van der Waals surface area contributed by atoms with Crippen LogP contribution in [0.4, 0.5) is 0 Å². The number of rotatable bonds is 3. The molecule has 0 spiro atoms. The zero-order chi connectivity index (χ0) is 19.2. The Morgan fingerprint density at radius 1 is 0.846 bits per heavy atom. The Balaban J connectivity index is 2.29. The lowest BCUT2D eigenvalue weighted by Gasteiger charge is -2.06. The zero-order valence-electron chi connectivity index (χ0n) is 12.3. The van der Waals surface area contributed by atoms with E-state index in [9.17, 15) is 9.90 Å². The highest BCUT2D eigenvalue weighted by molar-refractivity contribution is 7.17. The number of benzene rings is 2. The Hall–Kier alpha value is -0.720. The molecule has 10 heteroatoms. The first kappa shape index (κ1) is 20.0. The maximum absolute atomic E-state index is 11.7. The first-order valence-corrected chi connectivity index (χ1v) is 9.81. The minimum atomic E-state index is -1.18. The summed E-state index contributed by atoms with van der Waals surface area (Å²) in [5, 5.41) is 11.3. The molecule has 1 aromatic heterocycles. The Bertz CT molecular complexity index is 1050. The van der Waals surface area contributed by atoms with Gasteiger partial charge in [0.15, 0.2) is 0 Å². The van der Waals surface area contributed by atoms with Gasteiger partial charge in [0.2, 0.25) is 0 Å². The van der Waals surface area contributed by atoms with Crippen LogP contribution >= 0.6 is 80.9 Å². The van der Waals surface area contributed by atoms with E-state index in [1.54, 1.807) is 6.07 Å². The third-order valence-corrected chi connectivity index (χ3v) is 6.41. The second-order valence-corrected chi connectivity index (χ2v) is 8.44. The van der Waals surface area contributed by atoms with Gasteiger partial charge in [-0.15, -0.1) is 11.3 Å². The number of aromatic nitrogens is 1. The number of aromatic carboxylic acids is 1. The van der Waals surface area contributed by atoms with Crippen molar-refractivity contribution in [2.24, 2.45) is 0 Å². The standard InChI is InChI=1S/C16H5Cl6NO2S/c17-5-1-7(11(21)9(19)3-5)13-14(16(24)25)26-15(23-13)8-2-6(18)4-10(20)12(8)22/h1-4H,(H,24,25). The lowest BCUT2D eigenvalue weighted by molar-refractivity contribution is 0.0702. The second-order valence-electron chi connectivity index (χ2n) is 5.00. The van der Waals surface area contributed by atoms with Crippen LogP contribution < -0.4 is 0 Å². The fourth-order valence-corrected chi connectivity index (χ4v) is 4.58. The van der Waals surface area contributed by atoms with E-state index in [0.29, 0.717) is 26.2 Å². The van der Waals surface area contributed by atoms with Crippen molar-refractivity contribution in [3.63, 3.8) is 0 Å². The molecule has 1 N–H and O–H groups in total. The zero-order valence-corrected chi connectivity index (χ0v) is 17.6. The summed E-state index contributed by atoms with van der Waals surface area (Å²) in [4.78, 5) is 16.1. The molecule has 0 fully saturated rings. The monoisotopic (exact) mass is 485 g/mol. The van der Waals surface area contributed by atoms with Gasteiger partial charge >= 0.3 is 5.97 Å². The lowest BCUT2D eigenvalue weighted by atomic mass is 10.1. The predicted octanol–water partition coefficient (Wildman–Crippen LogP) is 8.10. The Labute approximate surface area is 182 Å². The number of hydrogen-bond donors (Lipinski definition) is 1. The fourth-order valence-electron chi connectivity index (χ4n) is 2.20. The van der Waals surface area contributed by atoms with Gasteiger partial charge in [0.1, 0.15) is 9.88 Å². The maximum Gasteiger partial charge on any atom is 0.348 e. The largest absolute Gasteiger partial charge is 0.477 e. The lowest BCUT2D eigenvalue weighted by Crippen LogP contribution is -1.96. The van der Waals surface area contributed by atoms with Crippen molar-refractivity contribution in [2.45, 2.75) is 0 Å². The molecule has 0 radical (unpaired) electrons. The topological polar surface area (TPSA) is 50.2 Å². The number of carbonyl (C=O) groups is 1. The molecule has 0 unspecified atom stereocenters. The highest BCUT2D eigenvalue weighted by atomic mass is 35.5. The fraction of sp³-hybridized carbons (Fsp3) is 0. The highest BCUT2D eigenvalue weighted by Crippen LogP contribution is 2.43. The van der Waals surface area contributed by atoms with Crippen molar-refractivity contribution in [2.75, 3.05) is 0 Å². The van der Waals surface area contributed by atoms with E-state index >= 15 is 0 Å². The van der Waals surface area contributed by atoms with Crippen LogP contribution in [0.5, 0.6) is 0 Å². The number of halogens is 6. The second kappa shape index (κ2) is 7.72. The summed E-state index contributed by atoms with van der Waals surface area (Å²) in [5.74, 6) is -1.18. The van der Waals surface area contributed by atoms with Crippen LogP contribution in [-0.4, -0.2) is 16.1 Å². The Morgan fingerprint density at radius 3 is 1.88 bits per heavy atom. The number of nitrogens with zero attached hydrogens (tertiary/aromatic N) is 1. The summed E-state index contributed by atoms with van der Waals surface area (Å²) in [7, 11) is 0. The van der Waals surface area contributed by atoms with Crippen molar-refractivity contribution < 1.29 is 9.90 Å². The van der Waals surface area contributed by atoms with Gasteiger partial charge in [0, 0.05) is 21.2 Å². The summed E-state index contributed by atoms with van der Waals surface area (Å²) in [6.07, 6.45) is 0. The number of carboxylic acid groups (broad SMARTS) is 1. The average Bonchev–Trinajstić information content (AvgIpc) is 2.99. The Kier molecular flexibility index (Phi) is 5.95. The summed E-state index contributed by atoms with van der Waals surface area (Å²) >= 11 is 37.5. The molecular weight excluding hydrogens is 483 g/mol. The first-order chi connectivity index (χ1) is 12.2. The van der Waals surface area contributed by atoms with Crippen LogP contribution in [0.2, 0.25) is 30.1 Å². The van der Waals surface area contributed by atoms with Crippen LogP contribution in [0.25, 0.3) is 21.8 Å². The van der Waals surface area contributed by atoms with Crippen LogP contribution in [0, 0.1) is 0 Å². The van der Waals surface area contributed by atoms with Crippen molar-refractivity contribution in [1.29, 1.82) is 0 Å². The van der Waals surface area contributed by atoms with E-state index in [1.807, 2.05) is 0 Å². The minimum Gasteiger partial charge on any atom is -0.477 e. The molecule has 0 atom stereocenters. The van der Waals surface area contributed by atoms with Gasteiger partial charge in [-0.3, -0.25) is 0 Å². The number of thiazole rings is 1. The number of hydrogen-bond acceptors (Lipinski definition) is 3. The predicted molar refractivity (Wildman–Crippen MR) is 110 cm³/mol. The molecule has 26 heavy (non-hydrogen) atoms. The molecule has 3 rings (SSSR count). The van der Waals surface area contributed by atoms with Crippen molar-refractivity contribution in [1.82, 2.24) is 4.98 Å². The molecule has 1 heterocycles. The van der Waals surface area contributed by atoms with Gasteiger partial charge in [-0.2, -0.15) is 0 Å². The van der Waals surface area contributed by atoms with Crippen LogP contribution in [0.3, 0.4) is 0 Å². The third-order valence-electron chi connectivity index (χ3n) is 3.29. The van der Waals surface area contributed by atoms with E-state index in [-0.39, 0.29) is 30.7 Å². The van der Waals surface area contributed by atoms with Crippen molar-refractivity contribution in [3.8, 4) is 21.8 Å². The Morgan fingerprint density at radius 2 is 1.35 bits per heavy atom. The molecule has 0 bridgehead atoms. The average molecular weight is 488 g/mol. The molecule has 0 saturated carbocycles. The summed E-state index contributed by atoms with van der Waals surface area (Å²) in [6, 6.07) is 5.98. The summed E-state index contributed by atoms with van der Waals surface area (Å²) < 4.78 is 0. The van der Waals surface area contributed by atoms with E-state index in [2.05, 4.69) is 4.98 Å². The van der Waals surface area contributed by atoms with Gasteiger partial charge < -0.3 is 5.11 Å². The molecule has 0 aliphatic rings. The third kappa shape index (κ3) is 3.78. The van der Waals surface area contributed by atoms with Crippen molar-refractivity contribution >= 4 is 86.9 Å². The van der Waals surface area contributed by atoms with E-state index < -0.39 is 5.97 Å². The van der Waals surface area contributed by atoms with Gasteiger partial charge in [-0.1, -0.05) is 69.6 Å². The highest BCUT2D eigenvalue weighted by Gasteiger charge is 2.24. The number of carboxylic acids is 1. The molecule has 134 valence electrons. The smallest absolute Gasteiger partial charge is 0.348 e. The normalized spacial score (nSPS) is 11.0. The van der Waals surface area contributed by atoms with E-state index in [1.165, 1.54) is 18.2 Å². The molecule has 0 amide bonds. The molecule has 3 nitrogen and oxygen atoms in total. The quantitative estimate of drug-likeness (QED) is 0.380. The van der Waals surface area contributed by atoms with Crippen LogP contribution in [0.1, 0.15) is 9.67 Å². The maximum atomic E-state index is 11.7.